The van der Waals surface area contributed by atoms with Gasteiger partial charge in [-0.05, 0) is 72.7 Å². The second-order valence-corrected chi connectivity index (χ2v) is 8.43. The van der Waals surface area contributed by atoms with Crippen molar-refractivity contribution in [1.82, 2.24) is 4.72 Å². The monoisotopic (exact) mass is 361 g/mol. The van der Waals surface area contributed by atoms with Crippen molar-refractivity contribution in [2.24, 2.45) is 5.92 Å². The molecule has 0 bridgehead atoms. The predicted molar refractivity (Wildman–Crippen MR) is 81.9 cm³/mol. The van der Waals surface area contributed by atoms with Gasteiger partial charge in [0.25, 0.3) is 0 Å². The van der Waals surface area contributed by atoms with Gasteiger partial charge in [0.2, 0.25) is 10.0 Å². The highest BCUT2D eigenvalue weighted by Crippen LogP contribution is 2.40. The average molecular weight is 362 g/mol. The Labute approximate surface area is 128 Å². The minimum Gasteiger partial charge on any atom is -0.392 e. The van der Waals surface area contributed by atoms with E-state index in [1.54, 1.807) is 6.07 Å². The summed E-state index contributed by atoms with van der Waals surface area (Å²) in [6, 6.07) is 3.29. The first-order valence-electron chi connectivity index (χ1n) is 6.61. The number of aliphatic hydroxyl groups is 1. The molecule has 0 saturated heterocycles. The van der Waals surface area contributed by atoms with E-state index >= 15 is 0 Å². The second kappa shape index (κ2) is 5.40. The van der Waals surface area contributed by atoms with Crippen molar-refractivity contribution in [3.05, 3.63) is 27.7 Å². The molecule has 2 N–H and O–H groups in total. The lowest BCUT2D eigenvalue weighted by Gasteiger charge is -2.26. The number of sulfonamides is 1. The zero-order valence-corrected chi connectivity index (χ0v) is 14.3. The summed E-state index contributed by atoms with van der Waals surface area (Å²) < 4.78 is 28.5. The third kappa shape index (κ3) is 3.24. The summed E-state index contributed by atoms with van der Waals surface area (Å²) in [5, 5.41) is 9.24. The van der Waals surface area contributed by atoms with Gasteiger partial charge in [-0.3, -0.25) is 0 Å². The van der Waals surface area contributed by atoms with Crippen molar-refractivity contribution in [3.8, 4) is 0 Å². The molecular weight excluding hydrogens is 342 g/mol. The molecule has 0 aliphatic heterocycles. The highest BCUT2D eigenvalue weighted by Gasteiger charge is 2.41. The van der Waals surface area contributed by atoms with Crippen LogP contribution in [0.1, 0.15) is 37.8 Å². The van der Waals surface area contributed by atoms with E-state index in [0.717, 1.165) is 18.4 Å². The summed E-state index contributed by atoms with van der Waals surface area (Å²) in [6.07, 6.45) is 2.12. The molecule has 0 radical (unpaired) electrons. The zero-order chi connectivity index (χ0) is 15.1. The number of aryl methyl sites for hydroxylation is 1. The van der Waals surface area contributed by atoms with Crippen molar-refractivity contribution >= 4 is 26.0 Å². The molecule has 0 aromatic heterocycles. The minimum atomic E-state index is -3.62. The van der Waals surface area contributed by atoms with E-state index in [-0.39, 0.29) is 11.5 Å². The highest BCUT2D eigenvalue weighted by molar-refractivity contribution is 9.10. The van der Waals surface area contributed by atoms with Crippen LogP contribution in [0.2, 0.25) is 0 Å². The Morgan fingerprint density at radius 1 is 1.40 bits per heavy atom. The predicted octanol–water partition coefficient (Wildman–Crippen LogP) is 2.72. The first-order chi connectivity index (χ1) is 9.17. The third-order valence-electron chi connectivity index (χ3n) is 3.75. The zero-order valence-electron chi connectivity index (χ0n) is 11.9. The number of benzene rings is 1. The second-order valence-electron chi connectivity index (χ2n) is 5.98. The quantitative estimate of drug-likeness (QED) is 0.847. The summed E-state index contributed by atoms with van der Waals surface area (Å²) in [6.45, 7) is 5.47. The molecule has 20 heavy (non-hydrogen) atoms. The van der Waals surface area contributed by atoms with E-state index in [1.807, 2.05) is 20.8 Å². The lowest BCUT2D eigenvalue weighted by molar-refractivity contribution is 0.281. The Balaban J connectivity index is 2.41. The molecule has 0 amide bonds. The lowest BCUT2D eigenvalue weighted by atomic mass is 10.0. The summed E-state index contributed by atoms with van der Waals surface area (Å²) in [5.41, 5.74) is 0.943. The van der Waals surface area contributed by atoms with Crippen LogP contribution < -0.4 is 4.72 Å². The van der Waals surface area contributed by atoms with Crippen LogP contribution in [0.25, 0.3) is 0 Å². The molecule has 0 atom stereocenters. The molecule has 1 aliphatic rings. The maximum Gasteiger partial charge on any atom is 0.242 e. The minimum absolute atomic E-state index is 0.178. The van der Waals surface area contributed by atoms with Crippen LogP contribution in [0.3, 0.4) is 0 Å². The first kappa shape index (κ1) is 15.9. The SMILES string of the molecule is Cc1cc(CO)cc(S(=O)(=O)NC(C)(C)C2CC2)c1Br. The Kier molecular flexibility index (Phi) is 4.31. The average Bonchev–Trinajstić information content (AvgIpc) is 3.15. The van der Waals surface area contributed by atoms with E-state index in [9.17, 15) is 13.5 Å². The number of hydrogen-bond donors (Lipinski definition) is 2. The number of hydrogen-bond acceptors (Lipinski definition) is 3. The van der Waals surface area contributed by atoms with Crippen LogP contribution in [-0.2, 0) is 16.6 Å². The Morgan fingerprint density at radius 3 is 2.50 bits per heavy atom. The van der Waals surface area contributed by atoms with Gasteiger partial charge in [-0.1, -0.05) is 6.07 Å². The van der Waals surface area contributed by atoms with Gasteiger partial charge in [-0.2, -0.15) is 0 Å². The van der Waals surface area contributed by atoms with Crippen molar-refractivity contribution in [3.63, 3.8) is 0 Å². The van der Waals surface area contributed by atoms with Crippen LogP contribution in [0.4, 0.5) is 0 Å². The van der Waals surface area contributed by atoms with Crippen molar-refractivity contribution in [2.45, 2.75) is 50.7 Å². The normalized spacial score (nSPS) is 16.4. The van der Waals surface area contributed by atoms with Crippen LogP contribution in [0.5, 0.6) is 0 Å². The van der Waals surface area contributed by atoms with Crippen LogP contribution in [0.15, 0.2) is 21.5 Å². The fourth-order valence-corrected chi connectivity index (χ4v) is 4.93. The van der Waals surface area contributed by atoms with Gasteiger partial charge in [0.15, 0.2) is 0 Å². The molecule has 1 aliphatic carbocycles. The molecule has 1 aromatic carbocycles. The summed E-state index contributed by atoms with van der Waals surface area (Å²) in [7, 11) is -3.62. The van der Waals surface area contributed by atoms with Gasteiger partial charge in [-0.15, -0.1) is 0 Å². The van der Waals surface area contributed by atoms with Crippen molar-refractivity contribution in [2.75, 3.05) is 0 Å². The molecule has 1 fully saturated rings. The fraction of sp³-hybridized carbons (Fsp3) is 0.571. The molecular formula is C14H20BrNO3S. The molecule has 1 aromatic rings. The largest absolute Gasteiger partial charge is 0.392 e. The highest BCUT2D eigenvalue weighted by atomic mass is 79.9. The third-order valence-corrected chi connectivity index (χ3v) is 6.76. The molecule has 0 unspecified atom stereocenters. The van der Waals surface area contributed by atoms with Gasteiger partial charge in [0.1, 0.15) is 0 Å². The fourth-order valence-electron chi connectivity index (χ4n) is 2.39. The van der Waals surface area contributed by atoms with Gasteiger partial charge >= 0.3 is 0 Å². The lowest BCUT2D eigenvalue weighted by Crippen LogP contribution is -2.45. The summed E-state index contributed by atoms with van der Waals surface area (Å²) >= 11 is 3.34. The van der Waals surface area contributed by atoms with Crippen LogP contribution in [-0.4, -0.2) is 19.1 Å². The Hall–Kier alpha value is -0.430. The van der Waals surface area contributed by atoms with E-state index < -0.39 is 15.6 Å². The Morgan fingerprint density at radius 2 is 2.00 bits per heavy atom. The van der Waals surface area contributed by atoms with Gasteiger partial charge in [-0.25, -0.2) is 13.1 Å². The van der Waals surface area contributed by atoms with Crippen molar-refractivity contribution in [1.29, 1.82) is 0 Å². The topological polar surface area (TPSA) is 66.4 Å². The van der Waals surface area contributed by atoms with E-state index in [4.69, 9.17) is 0 Å². The number of halogens is 1. The van der Waals surface area contributed by atoms with Gasteiger partial charge in [0, 0.05) is 10.0 Å². The van der Waals surface area contributed by atoms with E-state index in [1.165, 1.54) is 6.07 Å². The number of rotatable bonds is 5. The van der Waals surface area contributed by atoms with E-state index in [0.29, 0.717) is 16.0 Å². The standard InChI is InChI=1S/C14H20BrNO3S/c1-9-6-10(8-17)7-12(13(9)15)20(18,19)16-14(2,3)11-4-5-11/h6-7,11,16-17H,4-5,8H2,1-3H3. The summed E-state index contributed by atoms with van der Waals surface area (Å²) in [4.78, 5) is 0.190. The van der Waals surface area contributed by atoms with Crippen LogP contribution >= 0.6 is 15.9 Å². The van der Waals surface area contributed by atoms with Crippen LogP contribution in [0, 0.1) is 12.8 Å². The smallest absolute Gasteiger partial charge is 0.242 e. The number of nitrogens with one attached hydrogen (secondary N) is 1. The molecule has 2 rings (SSSR count). The molecule has 1 saturated carbocycles. The molecule has 0 heterocycles. The first-order valence-corrected chi connectivity index (χ1v) is 8.89. The van der Waals surface area contributed by atoms with Crippen molar-refractivity contribution < 1.29 is 13.5 Å². The maximum absolute atomic E-state index is 12.6. The molecule has 0 spiro atoms. The van der Waals surface area contributed by atoms with E-state index in [2.05, 4.69) is 20.7 Å². The molecule has 4 nitrogen and oxygen atoms in total. The maximum atomic E-state index is 12.6. The molecule has 112 valence electrons. The summed E-state index contributed by atoms with van der Waals surface area (Å²) in [5.74, 6) is 0.401. The van der Waals surface area contributed by atoms with Gasteiger partial charge in [0.05, 0.1) is 11.5 Å². The Bertz CT molecular complexity index is 622. The number of aliphatic hydroxyl groups excluding tert-OH is 1. The molecule has 6 heteroatoms. The van der Waals surface area contributed by atoms with Gasteiger partial charge < -0.3 is 5.11 Å².